The second kappa shape index (κ2) is 8.50. The van der Waals surface area contributed by atoms with Gasteiger partial charge in [0.2, 0.25) is 0 Å². The Morgan fingerprint density at radius 1 is 0.535 bits per heavy atom. The van der Waals surface area contributed by atoms with Gasteiger partial charge in [0.1, 0.15) is 5.58 Å². The number of nitrogens with zero attached hydrogens (tertiary/aromatic N) is 2. The van der Waals surface area contributed by atoms with E-state index in [0.717, 1.165) is 40.5 Å². The van der Waals surface area contributed by atoms with E-state index in [1.165, 1.54) is 60.4 Å². The SMILES string of the molecule is C1=Cc2c(c3cc4c(cc3n2-c2ccc3ccccc3c2)c2ccccc2n4-c2cccc3c2oc2ccccc23)CC1. The molecule has 3 heterocycles. The van der Waals surface area contributed by atoms with E-state index in [1.807, 2.05) is 6.07 Å². The number of aromatic nitrogens is 2. The van der Waals surface area contributed by atoms with Crippen LogP contribution in [-0.4, -0.2) is 9.13 Å². The van der Waals surface area contributed by atoms with Gasteiger partial charge in [-0.05, 0) is 77.7 Å². The summed E-state index contributed by atoms with van der Waals surface area (Å²) in [4.78, 5) is 0. The molecule has 0 amide bonds. The summed E-state index contributed by atoms with van der Waals surface area (Å²) in [5.41, 5.74) is 10.5. The van der Waals surface area contributed by atoms with Gasteiger partial charge in [0.05, 0.1) is 22.2 Å². The Kier molecular flexibility index (Phi) is 4.56. The minimum atomic E-state index is 0.918. The number of hydrogen-bond acceptors (Lipinski definition) is 1. The van der Waals surface area contributed by atoms with Crippen LogP contribution in [0.1, 0.15) is 17.7 Å². The summed E-state index contributed by atoms with van der Waals surface area (Å²) in [5.74, 6) is 0. The quantitative estimate of drug-likeness (QED) is 0.210. The van der Waals surface area contributed by atoms with Crippen LogP contribution in [0.3, 0.4) is 0 Å². The van der Waals surface area contributed by atoms with E-state index < -0.39 is 0 Å². The maximum atomic E-state index is 6.55. The Bertz CT molecular complexity index is 2620. The van der Waals surface area contributed by atoms with E-state index in [9.17, 15) is 0 Å². The Labute approximate surface area is 247 Å². The zero-order valence-corrected chi connectivity index (χ0v) is 23.4. The van der Waals surface area contributed by atoms with E-state index in [0.29, 0.717) is 0 Å². The Hall–Kier alpha value is -5.54. The first-order valence-corrected chi connectivity index (χ1v) is 15.0. The normalized spacial score (nSPS) is 13.3. The molecule has 202 valence electrons. The molecule has 0 saturated heterocycles. The second-order valence-electron chi connectivity index (χ2n) is 11.7. The zero-order chi connectivity index (χ0) is 28.1. The van der Waals surface area contributed by atoms with Crippen LogP contribution in [-0.2, 0) is 6.42 Å². The lowest BCUT2D eigenvalue weighted by Crippen LogP contribution is -2.00. The van der Waals surface area contributed by atoms with Crippen LogP contribution in [0.2, 0.25) is 0 Å². The molecule has 0 fully saturated rings. The molecule has 0 saturated carbocycles. The average molecular weight is 551 g/mol. The molecule has 0 N–H and O–H groups in total. The molecule has 0 atom stereocenters. The van der Waals surface area contributed by atoms with Crippen LogP contribution in [0.5, 0.6) is 0 Å². The van der Waals surface area contributed by atoms with Gasteiger partial charge in [-0.2, -0.15) is 0 Å². The summed E-state index contributed by atoms with van der Waals surface area (Å²) < 4.78 is 11.4. The topological polar surface area (TPSA) is 23.0 Å². The van der Waals surface area contributed by atoms with Crippen molar-refractivity contribution >= 4 is 71.5 Å². The van der Waals surface area contributed by atoms with Crippen LogP contribution in [0.15, 0.2) is 132 Å². The smallest absolute Gasteiger partial charge is 0.159 e. The molecular formula is C40H26N2O. The maximum absolute atomic E-state index is 6.55. The van der Waals surface area contributed by atoms with Gasteiger partial charge in [0, 0.05) is 38.3 Å². The number of rotatable bonds is 2. The van der Waals surface area contributed by atoms with Crippen molar-refractivity contribution in [2.45, 2.75) is 12.8 Å². The van der Waals surface area contributed by atoms with Gasteiger partial charge in [-0.25, -0.2) is 0 Å². The van der Waals surface area contributed by atoms with Crippen molar-refractivity contribution in [1.29, 1.82) is 0 Å². The predicted octanol–water partition coefficient (Wildman–Crippen LogP) is 10.7. The molecule has 1 aliphatic carbocycles. The third-order valence-electron chi connectivity index (χ3n) is 9.36. The summed E-state index contributed by atoms with van der Waals surface area (Å²) in [5, 5.41) is 8.62. The molecule has 1 aliphatic rings. The number of benzene rings is 6. The largest absolute Gasteiger partial charge is 0.454 e. The highest BCUT2D eigenvalue weighted by atomic mass is 16.3. The van der Waals surface area contributed by atoms with Crippen molar-refractivity contribution in [3.8, 4) is 11.4 Å². The van der Waals surface area contributed by atoms with E-state index in [1.54, 1.807) is 0 Å². The molecule has 3 nitrogen and oxygen atoms in total. The lowest BCUT2D eigenvalue weighted by atomic mass is 10.00. The molecule has 0 radical (unpaired) electrons. The number of hydrogen-bond donors (Lipinski definition) is 0. The Morgan fingerprint density at radius 2 is 1.30 bits per heavy atom. The highest BCUT2D eigenvalue weighted by molar-refractivity contribution is 6.16. The highest BCUT2D eigenvalue weighted by Gasteiger charge is 2.23. The zero-order valence-electron chi connectivity index (χ0n) is 23.4. The fourth-order valence-corrected chi connectivity index (χ4v) is 7.46. The van der Waals surface area contributed by atoms with Crippen LogP contribution in [0, 0.1) is 0 Å². The highest BCUT2D eigenvalue weighted by Crippen LogP contribution is 2.42. The molecule has 0 aliphatic heterocycles. The van der Waals surface area contributed by atoms with Crippen molar-refractivity contribution in [2.24, 2.45) is 0 Å². The van der Waals surface area contributed by atoms with Gasteiger partial charge in [-0.1, -0.05) is 84.9 Å². The Balaban J connectivity index is 1.33. The van der Waals surface area contributed by atoms with Gasteiger partial charge in [-0.3, -0.25) is 0 Å². The lowest BCUT2D eigenvalue weighted by Gasteiger charge is -2.13. The first-order valence-electron chi connectivity index (χ1n) is 15.0. The standard InChI is InChI=1S/C40H26N2O/c1-2-11-26-22-27(21-20-25(26)10-1)41-34-16-6-3-12-28(34)32-24-38-33(23-37(32)41)29-13-4-7-17-35(29)42(38)36-18-9-15-31-30-14-5-8-19-39(30)43-40(31)36/h1-2,4-11,13-24H,3,12H2. The number of aryl methyl sites for hydroxylation is 1. The average Bonchev–Trinajstić information content (AvgIpc) is 3.71. The van der Waals surface area contributed by atoms with Crippen LogP contribution in [0.4, 0.5) is 0 Å². The number of fused-ring (bicyclic) bond motifs is 10. The minimum absolute atomic E-state index is 0.918. The first-order chi connectivity index (χ1) is 21.3. The summed E-state index contributed by atoms with van der Waals surface area (Å²) >= 11 is 0. The predicted molar refractivity (Wildman–Crippen MR) is 180 cm³/mol. The fourth-order valence-electron chi connectivity index (χ4n) is 7.46. The van der Waals surface area contributed by atoms with Gasteiger partial charge in [-0.15, -0.1) is 0 Å². The number of allylic oxidation sites excluding steroid dienone is 1. The molecule has 10 rings (SSSR count). The molecule has 43 heavy (non-hydrogen) atoms. The van der Waals surface area contributed by atoms with E-state index >= 15 is 0 Å². The number of para-hydroxylation sites is 3. The van der Waals surface area contributed by atoms with Crippen molar-refractivity contribution in [3.63, 3.8) is 0 Å². The number of furan rings is 1. The van der Waals surface area contributed by atoms with Crippen molar-refractivity contribution < 1.29 is 4.42 Å². The molecule has 3 aromatic heterocycles. The maximum Gasteiger partial charge on any atom is 0.159 e. The molecule has 3 heteroatoms. The van der Waals surface area contributed by atoms with Crippen LogP contribution in [0.25, 0.3) is 82.9 Å². The van der Waals surface area contributed by atoms with Crippen molar-refractivity contribution in [3.05, 3.63) is 139 Å². The molecule has 0 bridgehead atoms. The van der Waals surface area contributed by atoms with Crippen LogP contribution < -0.4 is 0 Å². The van der Waals surface area contributed by atoms with Gasteiger partial charge in [0.15, 0.2) is 5.58 Å². The van der Waals surface area contributed by atoms with Gasteiger partial charge >= 0.3 is 0 Å². The molecule has 9 aromatic rings. The summed E-state index contributed by atoms with van der Waals surface area (Å²) in [7, 11) is 0. The minimum Gasteiger partial charge on any atom is -0.454 e. The van der Waals surface area contributed by atoms with E-state index in [2.05, 4.69) is 137 Å². The lowest BCUT2D eigenvalue weighted by molar-refractivity contribution is 0.666. The van der Waals surface area contributed by atoms with Crippen molar-refractivity contribution in [1.82, 2.24) is 9.13 Å². The van der Waals surface area contributed by atoms with Crippen molar-refractivity contribution in [2.75, 3.05) is 0 Å². The summed E-state index contributed by atoms with van der Waals surface area (Å²) in [6.45, 7) is 0. The van der Waals surface area contributed by atoms with E-state index in [-0.39, 0.29) is 0 Å². The van der Waals surface area contributed by atoms with Gasteiger partial charge < -0.3 is 13.6 Å². The monoisotopic (exact) mass is 550 g/mol. The third kappa shape index (κ3) is 3.14. The van der Waals surface area contributed by atoms with E-state index in [4.69, 9.17) is 4.42 Å². The molecular weight excluding hydrogens is 524 g/mol. The third-order valence-corrected chi connectivity index (χ3v) is 9.36. The fraction of sp³-hybridized carbons (Fsp3) is 0.0500. The van der Waals surface area contributed by atoms with Gasteiger partial charge in [0.25, 0.3) is 0 Å². The summed E-state index contributed by atoms with van der Waals surface area (Å²) in [6.07, 6.45) is 6.73. The van der Waals surface area contributed by atoms with Crippen LogP contribution >= 0.6 is 0 Å². The Morgan fingerprint density at radius 3 is 2.26 bits per heavy atom. The second-order valence-corrected chi connectivity index (χ2v) is 11.7. The molecule has 0 unspecified atom stereocenters. The summed E-state index contributed by atoms with van der Waals surface area (Å²) in [6, 6.07) is 43.9. The molecule has 0 spiro atoms. The first kappa shape index (κ1) is 23.1. The molecule has 6 aromatic carbocycles.